The first kappa shape index (κ1) is 25.7. The summed E-state index contributed by atoms with van der Waals surface area (Å²) in [6.07, 6.45) is 0.605. The molecule has 1 atom stereocenters. The Morgan fingerprint density at radius 1 is 1.16 bits per heavy atom. The zero-order valence-corrected chi connectivity index (χ0v) is 21.3. The topological polar surface area (TPSA) is 111 Å². The lowest BCUT2D eigenvalue weighted by Crippen LogP contribution is -2.34. The van der Waals surface area contributed by atoms with Crippen LogP contribution in [0.3, 0.4) is 0 Å². The van der Waals surface area contributed by atoms with E-state index < -0.39 is 12.2 Å². The fraction of sp³-hybridized carbons (Fsp3) is 0.333. The minimum atomic E-state index is -0.996. The van der Waals surface area contributed by atoms with Crippen LogP contribution in [0, 0.1) is 0 Å². The molecule has 194 valence electrons. The van der Waals surface area contributed by atoms with Crippen molar-refractivity contribution in [2.45, 2.75) is 19.4 Å². The maximum absolute atomic E-state index is 13.7. The van der Waals surface area contributed by atoms with Gasteiger partial charge in [0.1, 0.15) is 23.2 Å². The molecule has 0 saturated carbocycles. The summed E-state index contributed by atoms with van der Waals surface area (Å²) < 4.78 is 6.50. The third kappa shape index (κ3) is 5.91. The van der Waals surface area contributed by atoms with Crippen LogP contribution in [0.5, 0.6) is 5.75 Å². The highest BCUT2D eigenvalue weighted by Gasteiger charge is 2.30. The Hall–Kier alpha value is -4.34. The Bertz CT molecular complexity index is 1240. The third-order valence-electron chi connectivity index (χ3n) is 6.25. The minimum Gasteiger partial charge on any atom is -0.483 e. The Kier molecular flexibility index (Phi) is 8.07. The second kappa shape index (κ2) is 11.6. The largest absolute Gasteiger partial charge is 0.483 e. The zero-order valence-electron chi connectivity index (χ0n) is 21.3. The monoisotopic (exact) mass is 504 g/mol. The average Bonchev–Trinajstić information content (AvgIpc) is 3.03. The van der Waals surface area contributed by atoms with Crippen molar-refractivity contribution in [2.24, 2.45) is 0 Å². The Labute approximate surface area is 216 Å². The molecule has 1 unspecified atom stereocenters. The summed E-state index contributed by atoms with van der Waals surface area (Å²) in [6, 6.07) is 17.1. The maximum Gasteiger partial charge on any atom is 0.407 e. The SMILES string of the molecule is CCNc1ncc2c(n1)N(C)CCN(c1ccccc1OC(CCN(C)C(=O)O)c1ccccc1)C2=O. The predicted octanol–water partition coefficient (Wildman–Crippen LogP) is 4.13. The number of para-hydroxylation sites is 2. The van der Waals surface area contributed by atoms with E-state index in [1.54, 1.807) is 11.1 Å². The van der Waals surface area contributed by atoms with Crippen molar-refractivity contribution in [1.29, 1.82) is 0 Å². The molecule has 37 heavy (non-hydrogen) atoms. The van der Waals surface area contributed by atoms with Crippen LogP contribution in [-0.2, 0) is 0 Å². The smallest absolute Gasteiger partial charge is 0.407 e. The number of carbonyl (C=O) groups excluding carboxylic acids is 1. The van der Waals surface area contributed by atoms with Gasteiger partial charge in [0, 0.05) is 52.9 Å². The number of aromatic nitrogens is 2. The van der Waals surface area contributed by atoms with E-state index in [4.69, 9.17) is 4.74 Å². The summed E-state index contributed by atoms with van der Waals surface area (Å²) in [5, 5.41) is 12.4. The van der Waals surface area contributed by atoms with Gasteiger partial charge in [-0.15, -0.1) is 0 Å². The number of likely N-dealkylation sites (N-methyl/N-ethyl adjacent to an activating group) is 1. The fourth-order valence-electron chi connectivity index (χ4n) is 4.19. The summed E-state index contributed by atoms with van der Waals surface area (Å²) in [6.45, 7) is 3.94. The van der Waals surface area contributed by atoms with Gasteiger partial charge in [0.15, 0.2) is 0 Å². The Morgan fingerprint density at radius 2 is 1.89 bits per heavy atom. The van der Waals surface area contributed by atoms with Gasteiger partial charge in [0.05, 0.1) is 5.69 Å². The fourth-order valence-corrected chi connectivity index (χ4v) is 4.19. The number of rotatable bonds is 9. The van der Waals surface area contributed by atoms with Gasteiger partial charge in [0.2, 0.25) is 5.95 Å². The van der Waals surface area contributed by atoms with Crippen molar-refractivity contribution in [3.63, 3.8) is 0 Å². The standard InChI is InChI=1S/C27H32N6O4/c1-4-28-26-29-18-20-24(30-26)31(2)16-17-33(25(20)34)21-12-8-9-13-23(21)37-22(14-15-32(3)27(35)36)19-10-6-5-7-11-19/h5-13,18,22H,4,14-17H2,1-3H3,(H,35,36)(H,28,29,30). The molecule has 3 aromatic rings. The second-order valence-electron chi connectivity index (χ2n) is 8.82. The number of nitrogens with zero attached hydrogens (tertiary/aromatic N) is 5. The summed E-state index contributed by atoms with van der Waals surface area (Å²) in [7, 11) is 3.44. The summed E-state index contributed by atoms with van der Waals surface area (Å²) in [5.41, 5.74) is 1.98. The first-order valence-corrected chi connectivity index (χ1v) is 12.3. The van der Waals surface area contributed by atoms with Gasteiger partial charge < -0.3 is 29.9 Å². The van der Waals surface area contributed by atoms with Gasteiger partial charge in [0.25, 0.3) is 5.91 Å². The van der Waals surface area contributed by atoms with E-state index in [2.05, 4.69) is 15.3 Å². The van der Waals surface area contributed by atoms with E-state index in [1.165, 1.54) is 11.9 Å². The van der Waals surface area contributed by atoms with Crippen LogP contribution in [0.1, 0.15) is 35.4 Å². The van der Waals surface area contributed by atoms with Gasteiger partial charge in [-0.1, -0.05) is 42.5 Å². The molecule has 4 rings (SSSR count). The number of anilines is 3. The molecule has 10 nitrogen and oxygen atoms in total. The number of nitrogens with one attached hydrogen (secondary N) is 1. The number of hydrogen-bond acceptors (Lipinski definition) is 7. The summed E-state index contributed by atoms with van der Waals surface area (Å²) in [4.78, 5) is 38.8. The van der Waals surface area contributed by atoms with E-state index in [-0.39, 0.29) is 5.91 Å². The molecule has 2 amide bonds. The third-order valence-corrected chi connectivity index (χ3v) is 6.25. The zero-order chi connectivity index (χ0) is 26.4. The summed E-state index contributed by atoms with van der Waals surface area (Å²) in [5.74, 6) is 1.39. The molecule has 0 radical (unpaired) electrons. The number of hydrogen-bond donors (Lipinski definition) is 2. The van der Waals surface area contributed by atoms with E-state index in [9.17, 15) is 14.7 Å². The Balaban J connectivity index is 1.65. The van der Waals surface area contributed by atoms with E-state index >= 15 is 0 Å². The molecule has 0 spiro atoms. The van der Waals surface area contributed by atoms with Gasteiger partial charge in [-0.2, -0.15) is 4.98 Å². The molecular weight excluding hydrogens is 472 g/mol. The van der Waals surface area contributed by atoms with Crippen LogP contribution >= 0.6 is 0 Å². The number of carboxylic acid groups (broad SMARTS) is 1. The lowest BCUT2D eigenvalue weighted by Gasteiger charge is -2.27. The van der Waals surface area contributed by atoms with Crippen LogP contribution in [0.15, 0.2) is 60.8 Å². The predicted molar refractivity (Wildman–Crippen MR) is 143 cm³/mol. The highest BCUT2D eigenvalue weighted by atomic mass is 16.5. The van der Waals surface area contributed by atoms with Crippen molar-refractivity contribution in [3.05, 3.63) is 71.9 Å². The van der Waals surface area contributed by atoms with E-state index in [1.807, 2.05) is 73.5 Å². The van der Waals surface area contributed by atoms with E-state index in [0.29, 0.717) is 61.4 Å². The molecule has 1 aliphatic rings. The molecule has 1 aliphatic heterocycles. The number of ether oxygens (including phenoxy) is 1. The van der Waals surface area contributed by atoms with Gasteiger partial charge in [-0.3, -0.25) is 4.79 Å². The maximum atomic E-state index is 13.7. The van der Waals surface area contributed by atoms with Gasteiger partial charge in [-0.05, 0) is 24.6 Å². The lowest BCUT2D eigenvalue weighted by atomic mass is 10.1. The number of benzene rings is 2. The molecule has 0 bridgehead atoms. The molecule has 0 aliphatic carbocycles. The molecule has 1 aromatic heterocycles. The summed E-state index contributed by atoms with van der Waals surface area (Å²) >= 11 is 0. The molecule has 2 heterocycles. The van der Waals surface area contributed by atoms with E-state index in [0.717, 1.165) is 5.56 Å². The van der Waals surface area contributed by atoms with Crippen molar-refractivity contribution in [3.8, 4) is 5.75 Å². The highest BCUT2D eigenvalue weighted by molar-refractivity contribution is 6.10. The lowest BCUT2D eigenvalue weighted by molar-refractivity contribution is 0.0987. The first-order valence-electron chi connectivity index (χ1n) is 12.3. The van der Waals surface area contributed by atoms with Crippen LogP contribution in [0.25, 0.3) is 0 Å². The van der Waals surface area contributed by atoms with Crippen LogP contribution in [0.4, 0.5) is 22.2 Å². The molecule has 2 aromatic carbocycles. The molecule has 10 heteroatoms. The van der Waals surface area contributed by atoms with Gasteiger partial charge >= 0.3 is 6.09 Å². The van der Waals surface area contributed by atoms with Crippen molar-refractivity contribution >= 4 is 29.5 Å². The molecule has 0 saturated heterocycles. The molecular formula is C27H32N6O4. The minimum absolute atomic E-state index is 0.208. The van der Waals surface area contributed by atoms with Gasteiger partial charge in [-0.25, -0.2) is 9.78 Å². The molecule has 0 fully saturated rings. The average molecular weight is 505 g/mol. The highest BCUT2D eigenvalue weighted by Crippen LogP contribution is 2.36. The van der Waals surface area contributed by atoms with Crippen LogP contribution in [-0.4, -0.2) is 72.2 Å². The molecule has 2 N–H and O–H groups in total. The number of amides is 2. The Morgan fingerprint density at radius 3 is 2.62 bits per heavy atom. The number of carbonyl (C=O) groups is 2. The number of fused-ring (bicyclic) bond motifs is 1. The normalized spacial score (nSPS) is 14.0. The van der Waals surface area contributed by atoms with Crippen molar-refractivity contribution in [2.75, 3.05) is 55.4 Å². The van der Waals surface area contributed by atoms with Crippen molar-refractivity contribution in [1.82, 2.24) is 14.9 Å². The van der Waals surface area contributed by atoms with Crippen LogP contribution < -0.4 is 19.9 Å². The van der Waals surface area contributed by atoms with Crippen molar-refractivity contribution < 1.29 is 19.4 Å². The second-order valence-corrected chi connectivity index (χ2v) is 8.82. The quantitative estimate of drug-likeness (QED) is 0.448. The first-order chi connectivity index (χ1) is 17.9. The van der Waals surface area contributed by atoms with Crippen LogP contribution in [0.2, 0.25) is 0 Å².